The number of ether oxygens (including phenoxy) is 1. The maximum atomic E-state index is 13.1. The van der Waals surface area contributed by atoms with Crippen LogP contribution in [0.25, 0.3) is 10.4 Å². The maximum absolute atomic E-state index is 13.1. The minimum absolute atomic E-state index is 0.112. The molecule has 3 atom stereocenters. The number of benzene rings is 2. The van der Waals surface area contributed by atoms with Gasteiger partial charge in [-0.15, -0.1) is 0 Å². The highest BCUT2D eigenvalue weighted by molar-refractivity contribution is 5.94. The van der Waals surface area contributed by atoms with Crippen LogP contribution in [0, 0.1) is 0 Å². The molecule has 2 aromatic carbocycles. The second kappa shape index (κ2) is 7.74. The van der Waals surface area contributed by atoms with Crippen LogP contribution in [0.2, 0.25) is 0 Å². The van der Waals surface area contributed by atoms with Gasteiger partial charge in [0, 0.05) is 23.3 Å². The highest BCUT2D eigenvalue weighted by Gasteiger charge is 2.41. The first-order valence-electron chi connectivity index (χ1n) is 9.32. The molecule has 1 aliphatic carbocycles. The number of cyclic esters (lactones) is 1. The lowest BCUT2D eigenvalue weighted by Gasteiger charge is -2.23. The average molecular weight is 376 g/mol. The third kappa shape index (κ3) is 3.44. The fourth-order valence-corrected chi connectivity index (χ4v) is 4.18. The molecule has 1 fully saturated rings. The minimum Gasteiger partial charge on any atom is -0.447 e. The quantitative estimate of drug-likeness (QED) is 0.448. The summed E-state index contributed by atoms with van der Waals surface area (Å²) in [6, 6.07) is 16.9. The Hall–Kier alpha value is -3.31. The van der Waals surface area contributed by atoms with E-state index in [-0.39, 0.29) is 36.9 Å². The summed E-state index contributed by atoms with van der Waals surface area (Å²) in [4.78, 5) is 29.5. The molecule has 2 aliphatic rings. The van der Waals surface area contributed by atoms with Crippen LogP contribution in [0.4, 0.5) is 4.79 Å². The Morgan fingerprint density at radius 2 is 1.93 bits per heavy atom. The normalized spacial score (nSPS) is 23.1. The predicted molar refractivity (Wildman–Crippen MR) is 103 cm³/mol. The van der Waals surface area contributed by atoms with Crippen LogP contribution >= 0.6 is 0 Å². The lowest BCUT2D eigenvalue weighted by Crippen LogP contribution is -2.41. The summed E-state index contributed by atoms with van der Waals surface area (Å²) in [6.07, 6.45) is 0.675. The van der Waals surface area contributed by atoms with Crippen molar-refractivity contribution in [1.29, 1.82) is 0 Å². The standard InChI is InChI=1S/C21H20N4O3/c22-24-23-19-11-15-8-4-5-9-17(15)18(19)12-20(26)25-16(13-28-21(25)27)10-14-6-2-1-3-7-14/h1-9,16,18-19H,10-13H2. The fourth-order valence-electron chi connectivity index (χ4n) is 4.18. The van der Waals surface area contributed by atoms with Gasteiger partial charge in [0.25, 0.3) is 0 Å². The van der Waals surface area contributed by atoms with Crippen molar-refractivity contribution < 1.29 is 14.3 Å². The van der Waals surface area contributed by atoms with E-state index in [0.717, 1.165) is 16.7 Å². The molecule has 0 aromatic heterocycles. The largest absolute Gasteiger partial charge is 0.447 e. The van der Waals surface area contributed by atoms with Crippen LogP contribution in [0.1, 0.15) is 29.0 Å². The minimum atomic E-state index is -0.599. The lowest BCUT2D eigenvalue weighted by molar-refractivity contribution is -0.129. The molecule has 28 heavy (non-hydrogen) atoms. The predicted octanol–water partition coefficient (Wildman–Crippen LogP) is 3.99. The van der Waals surface area contributed by atoms with Crippen molar-refractivity contribution in [2.45, 2.75) is 37.3 Å². The lowest BCUT2D eigenvalue weighted by atomic mass is 9.94. The Labute approximate surface area is 162 Å². The monoisotopic (exact) mass is 376 g/mol. The molecule has 2 amide bonds. The maximum Gasteiger partial charge on any atom is 0.416 e. The topological polar surface area (TPSA) is 95.4 Å². The van der Waals surface area contributed by atoms with Gasteiger partial charge in [0.15, 0.2) is 0 Å². The van der Waals surface area contributed by atoms with Gasteiger partial charge in [-0.05, 0) is 35.1 Å². The second-order valence-corrected chi connectivity index (χ2v) is 7.17. The molecule has 142 valence electrons. The number of azide groups is 1. The Morgan fingerprint density at radius 3 is 2.71 bits per heavy atom. The van der Waals surface area contributed by atoms with Crippen LogP contribution < -0.4 is 0 Å². The number of rotatable bonds is 5. The molecule has 0 N–H and O–H groups in total. The molecular formula is C21H20N4O3. The molecule has 7 nitrogen and oxygen atoms in total. The molecule has 1 aliphatic heterocycles. The van der Waals surface area contributed by atoms with E-state index in [9.17, 15) is 9.59 Å². The van der Waals surface area contributed by atoms with Gasteiger partial charge >= 0.3 is 6.09 Å². The molecule has 0 radical (unpaired) electrons. The van der Waals surface area contributed by atoms with Crippen molar-refractivity contribution in [1.82, 2.24) is 4.90 Å². The number of hydrogen-bond donors (Lipinski definition) is 0. The van der Waals surface area contributed by atoms with E-state index in [1.54, 1.807) is 0 Å². The van der Waals surface area contributed by atoms with E-state index in [0.29, 0.717) is 12.8 Å². The van der Waals surface area contributed by atoms with Crippen molar-refractivity contribution in [2.24, 2.45) is 5.11 Å². The summed E-state index contributed by atoms with van der Waals surface area (Å²) in [6.45, 7) is 0.195. The van der Waals surface area contributed by atoms with E-state index in [1.807, 2.05) is 54.6 Å². The van der Waals surface area contributed by atoms with Crippen molar-refractivity contribution in [3.63, 3.8) is 0 Å². The summed E-state index contributed by atoms with van der Waals surface area (Å²) >= 11 is 0. The molecule has 3 unspecified atom stereocenters. The van der Waals surface area contributed by atoms with E-state index in [2.05, 4.69) is 10.0 Å². The third-order valence-electron chi connectivity index (χ3n) is 5.49. The van der Waals surface area contributed by atoms with Gasteiger partial charge in [-0.1, -0.05) is 59.7 Å². The van der Waals surface area contributed by atoms with Gasteiger partial charge in [-0.2, -0.15) is 0 Å². The molecular weight excluding hydrogens is 356 g/mol. The van der Waals surface area contributed by atoms with Crippen molar-refractivity contribution in [3.8, 4) is 0 Å². The Balaban J connectivity index is 1.54. The van der Waals surface area contributed by atoms with E-state index in [1.165, 1.54) is 4.90 Å². The van der Waals surface area contributed by atoms with Crippen molar-refractivity contribution >= 4 is 12.0 Å². The van der Waals surface area contributed by atoms with Crippen molar-refractivity contribution in [3.05, 3.63) is 81.7 Å². The number of carbonyl (C=O) groups is 2. The molecule has 1 saturated heterocycles. The van der Waals surface area contributed by atoms with Crippen molar-refractivity contribution in [2.75, 3.05) is 6.61 Å². The Morgan fingerprint density at radius 1 is 1.18 bits per heavy atom. The van der Waals surface area contributed by atoms with Crippen LogP contribution in [0.15, 0.2) is 59.7 Å². The molecule has 7 heteroatoms. The summed E-state index contributed by atoms with van der Waals surface area (Å²) in [7, 11) is 0. The zero-order valence-electron chi connectivity index (χ0n) is 15.3. The van der Waals surface area contributed by atoms with Gasteiger partial charge in [-0.25, -0.2) is 9.69 Å². The van der Waals surface area contributed by atoms with Gasteiger partial charge in [0.2, 0.25) is 5.91 Å². The molecule has 1 heterocycles. The number of fused-ring (bicyclic) bond motifs is 1. The number of carbonyl (C=O) groups excluding carboxylic acids is 2. The molecule has 0 bridgehead atoms. The summed E-state index contributed by atoms with van der Waals surface area (Å²) < 4.78 is 5.16. The van der Waals surface area contributed by atoms with Gasteiger partial charge in [0.1, 0.15) is 6.61 Å². The van der Waals surface area contributed by atoms with Gasteiger partial charge in [-0.3, -0.25) is 4.79 Å². The Kier molecular flexibility index (Phi) is 5.00. The number of hydrogen-bond acceptors (Lipinski definition) is 4. The summed E-state index contributed by atoms with van der Waals surface area (Å²) in [5.41, 5.74) is 12.0. The van der Waals surface area contributed by atoms with Crippen LogP contribution in [0.3, 0.4) is 0 Å². The highest BCUT2D eigenvalue weighted by atomic mass is 16.6. The summed E-state index contributed by atoms with van der Waals surface area (Å²) in [5, 5.41) is 3.90. The first-order valence-corrected chi connectivity index (χ1v) is 9.32. The zero-order chi connectivity index (χ0) is 19.5. The van der Waals surface area contributed by atoms with E-state index >= 15 is 0 Å². The zero-order valence-corrected chi connectivity index (χ0v) is 15.3. The first-order chi connectivity index (χ1) is 13.7. The molecule has 2 aromatic rings. The summed E-state index contributed by atoms with van der Waals surface area (Å²) in [5.74, 6) is -0.520. The van der Waals surface area contributed by atoms with Crippen LogP contribution in [-0.2, 0) is 22.4 Å². The number of imide groups is 1. The van der Waals surface area contributed by atoms with E-state index < -0.39 is 6.09 Å². The molecule has 0 spiro atoms. The Bertz CT molecular complexity index is 940. The first kappa shape index (κ1) is 18.1. The molecule has 0 saturated carbocycles. The number of nitrogens with zero attached hydrogens (tertiary/aromatic N) is 4. The average Bonchev–Trinajstić information content (AvgIpc) is 3.23. The highest BCUT2D eigenvalue weighted by Crippen LogP contribution is 2.38. The smallest absolute Gasteiger partial charge is 0.416 e. The van der Waals surface area contributed by atoms with Gasteiger partial charge in [0.05, 0.1) is 6.04 Å². The number of amides is 2. The third-order valence-corrected chi connectivity index (χ3v) is 5.49. The molecule has 4 rings (SSSR count). The van der Waals surface area contributed by atoms with Crippen LogP contribution in [0.5, 0.6) is 0 Å². The van der Waals surface area contributed by atoms with E-state index in [4.69, 9.17) is 10.3 Å². The van der Waals surface area contributed by atoms with Crippen LogP contribution in [-0.4, -0.2) is 35.6 Å². The fraction of sp³-hybridized carbons (Fsp3) is 0.333. The van der Waals surface area contributed by atoms with Gasteiger partial charge < -0.3 is 4.74 Å². The SMILES string of the molecule is [N-]=[N+]=NC1Cc2ccccc2C1CC(=O)N1C(=O)OCC1Cc1ccccc1. The second-order valence-electron chi connectivity index (χ2n) is 7.17.